The largest absolute Gasteiger partial charge is 0.451 e. The van der Waals surface area contributed by atoms with Crippen molar-refractivity contribution in [1.82, 2.24) is 19.6 Å². The lowest BCUT2D eigenvalue weighted by Crippen LogP contribution is -2.54. The number of nitrogens with zero attached hydrogens (tertiary/aromatic N) is 4. The summed E-state index contributed by atoms with van der Waals surface area (Å²) in [7, 11) is 5.52. The molecule has 16 heteroatoms. The van der Waals surface area contributed by atoms with Crippen molar-refractivity contribution in [2.24, 2.45) is 23.7 Å². The summed E-state index contributed by atoms with van der Waals surface area (Å²) in [6.07, 6.45) is -5.29. The van der Waals surface area contributed by atoms with E-state index in [1.807, 2.05) is 74.4 Å². The predicted molar refractivity (Wildman–Crippen MR) is 235 cm³/mol. The molecule has 8 unspecified atom stereocenters. The monoisotopic (exact) mass is 887 g/mol. The van der Waals surface area contributed by atoms with E-state index < -0.39 is 96.1 Å². The Hall–Kier alpha value is -5.02. The Kier molecular flexibility index (Phi) is 20.7. The third-order valence-electron chi connectivity index (χ3n) is 11.1. The molecule has 0 aliphatic carbocycles. The van der Waals surface area contributed by atoms with Gasteiger partial charge in [0, 0.05) is 34.6 Å². The SMILES string of the molecule is Cc1cccc(CC2OC(=O)C(CC(C)C)N(C)C(=O)C(C)OC(=O)C(CC(C)C)N(C)C(=O)C(C)OC(=O)C(CC(C)C)N(C)C(=O)C(C)OC(=O)C(CC(C)C)N(C)C2=O)c1. The summed E-state index contributed by atoms with van der Waals surface area (Å²) in [6.45, 7) is 20.7. The molecule has 16 nitrogen and oxygen atoms in total. The number of aryl methyl sites for hydroxylation is 1. The van der Waals surface area contributed by atoms with Gasteiger partial charge >= 0.3 is 23.9 Å². The maximum atomic E-state index is 14.6. The van der Waals surface area contributed by atoms with Gasteiger partial charge in [0.1, 0.15) is 24.2 Å². The minimum absolute atomic E-state index is 0.0742. The van der Waals surface area contributed by atoms with Crippen LogP contribution in [0.3, 0.4) is 0 Å². The average molecular weight is 887 g/mol. The van der Waals surface area contributed by atoms with E-state index in [0.717, 1.165) is 25.2 Å². The zero-order chi connectivity index (χ0) is 48.2. The van der Waals surface area contributed by atoms with E-state index in [-0.39, 0.29) is 55.8 Å². The van der Waals surface area contributed by atoms with Crippen LogP contribution >= 0.6 is 0 Å². The van der Waals surface area contributed by atoms with Crippen LogP contribution in [0.2, 0.25) is 0 Å². The second-order valence-electron chi connectivity index (χ2n) is 18.7. The summed E-state index contributed by atoms with van der Waals surface area (Å²) in [5.41, 5.74) is 1.56. The number of cyclic esters (lactones) is 4. The van der Waals surface area contributed by atoms with Gasteiger partial charge in [0.25, 0.3) is 23.6 Å². The fourth-order valence-corrected chi connectivity index (χ4v) is 7.50. The first kappa shape index (κ1) is 54.1. The van der Waals surface area contributed by atoms with Gasteiger partial charge in [0.05, 0.1) is 0 Å². The Labute approximate surface area is 374 Å². The number of carbonyl (C=O) groups is 8. The highest BCUT2D eigenvalue weighted by molar-refractivity contribution is 5.94. The van der Waals surface area contributed by atoms with Gasteiger partial charge in [-0.2, -0.15) is 0 Å². The van der Waals surface area contributed by atoms with E-state index in [9.17, 15) is 38.4 Å². The summed E-state index contributed by atoms with van der Waals surface area (Å²) in [5, 5.41) is 0. The molecular weight excluding hydrogens is 813 g/mol. The first-order valence-electron chi connectivity index (χ1n) is 22.1. The third-order valence-corrected chi connectivity index (χ3v) is 11.1. The maximum Gasteiger partial charge on any atom is 0.329 e. The van der Waals surface area contributed by atoms with Gasteiger partial charge in [-0.25, -0.2) is 19.2 Å². The van der Waals surface area contributed by atoms with Crippen LogP contribution in [0.4, 0.5) is 0 Å². The van der Waals surface area contributed by atoms with E-state index >= 15 is 0 Å². The van der Waals surface area contributed by atoms with Crippen molar-refractivity contribution < 1.29 is 57.3 Å². The molecule has 63 heavy (non-hydrogen) atoms. The lowest BCUT2D eigenvalue weighted by molar-refractivity contribution is -0.176. The fourth-order valence-electron chi connectivity index (χ4n) is 7.50. The van der Waals surface area contributed by atoms with Gasteiger partial charge < -0.3 is 38.5 Å². The van der Waals surface area contributed by atoms with Crippen LogP contribution in [0.1, 0.15) is 113 Å². The van der Waals surface area contributed by atoms with Crippen molar-refractivity contribution >= 4 is 47.5 Å². The van der Waals surface area contributed by atoms with Crippen molar-refractivity contribution in [3.8, 4) is 0 Å². The standard InChI is InChI=1S/C47H74N4O12/c1-26(2)20-35-44(56)60-31(10)40(52)48(13)36(21-27(3)4)45(57)61-33(12)42(54)50(15)38(23-29(7)8)47(59)63-39(25-34-19-17-18-30(9)24-34)43(55)51(16)37(22-28(5)6)46(58)62-32(11)41(53)49(35)14/h17-19,24,26-29,31-33,35-39H,20-23,25H2,1-16H3. The normalized spacial score (nSPS) is 26.3. The smallest absolute Gasteiger partial charge is 0.329 e. The minimum atomic E-state index is -1.47. The van der Waals surface area contributed by atoms with Crippen LogP contribution in [0.5, 0.6) is 0 Å². The topological polar surface area (TPSA) is 186 Å². The molecule has 0 saturated carbocycles. The van der Waals surface area contributed by atoms with E-state index in [0.29, 0.717) is 5.56 Å². The zero-order valence-corrected chi connectivity index (χ0v) is 40.5. The first-order chi connectivity index (χ1) is 29.2. The minimum Gasteiger partial charge on any atom is -0.451 e. The number of esters is 4. The molecular formula is C47H74N4O12. The summed E-state index contributed by atoms with van der Waals surface area (Å²) < 4.78 is 23.2. The number of hydrogen-bond acceptors (Lipinski definition) is 12. The van der Waals surface area contributed by atoms with Gasteiger partial charge in [-0.1, -0.05) is 85.2 Å². The molecule has 0 spiro atoms. The highest BCUT2D eigenvalue weighted by atomic mass is 16.6. The molecule has 0 radical (unpaired) electrons. The molecule has 1 aliphatic heterocycles. The second kappa shape index (κ2) is 24.2. The third kappa shape index (κ3) is 15.6. The molecule has 4 amide bonds. The molecule has 8 atom stereocenters. The summed E-state index contributed by atoms with van der Waals surface area (Å²) in [6, 6.07) is 2.45. The van der Waals surface area contributed by atoms with Crippen molar-refractivity contribution in [1.29, 1.82) is 0 Å². The van der Waals surface area contributed by atoms with E-state index in [1.165, 1.54) is 49.0 Å². The van der Waals surface area contributed by atoms with Crippen LogP contribution < -0.4 is 0 Å². The van der Waals surface area contributed by atoms with Crippen LogP contribution in [0.15, 0.2) is 24.3 Å². The predicted octanol–water partition coefficient (Wildman–Crippen LogP) is 4.75. The number of ether oxygens (including phenoxy) is 4. The molecule has 354 valence electrons. The maximum absolute atomic E-state index is 14.6. The molecule has 0 aromatic heterocycles. The lowest BCUT2D eigenvalue weighted by atomic mass is 10.00. The van der Waals surface area contributed by atoms with E-state index in [4.69, 9.17) is 18.9 Å². The molecule has 1 saturated heterocycles. The van der Waals surface area contributed by atoms with Crippen molar-refractivity contribution in [3.05, 3.63) is 35.4 Å². The van der Waals surface area contributed by atoms with Crippen molar-refractivity contribution in [2.75, 3.05) is 28.2 Å². The summed E-state index contributed by atoms with van der Waals surface area (Å²) >= 11 is 0. The number of benzene rings is 1. The number of carbonyl (C=O) groups excluding carboxylic acids is 8. The van der Waals surface area contributed by atoms with Gasteiger partial charge in [0.15, 0.2) is 24.4 Å². The summed E-state index contributed by atoms with van der Waals surface area (Å²) in [5.74, 6) is -7.01. The van der Waals surface area contributed by atoms with Gasteiger partial charge in [-0.05, 0) is 82.6 Å². The van der Waals surface area contributed by atoms with Gasteiger partial charge in [-0.3, -0.25) is 19.2 Å². The van der Waals surface area contributed by atoms with E-state index in [1.54, 1.807) is 12.1 Å². The number of likely N-dealkylation sites (N-methyl/N-ethyl adjacent to an activating group) is 4. The zero-order valence-electron chi connectivity index (χ0n) is 40.5. The highest BCUT2D eigenvalue weighted by Crippen LogP contribution is 2.23. The Morgan fingerprint density at radius 1 is 0.460 bits per heavy atom. The fraction of sp³-hybridized carbons (Fsp3) is 0.702. The number of hydrogen-bond donors (Lipinski definition) is 0. The Balaban J connectivity index is 2.81. The van der Waals surface area contributed by atoms with Crippen LogP contribution in [0, 0.1) is 30.6 Å². The molecule has 2 rings (SSSR count). The quantitative estimate of drug-likeness (QED) is 0.232. The van der Waals surface area contributed by atoms with Gasteiger partial charge in [-0.15, -0.1) is 0 Å². The molecule has 0 N–H and O–H groups in total. The van der Waals surface area contributed by atoms with Crippen LogP contribution in [-0.2, 0) is 63.7 Å². The van der Waals surface area contributed by atoms with E-state index in [2.05, 4.69) is 0 Å². The molecule has 1 aromatic carbocycles. The van der Waals surface area contributed by atoms with Crippen molar-refractivity contribution in [2.45, 2.75) is 164 Å². The van der Waals surface area contributed by atoms with Crippen LogP contribution in [-0.4, -0.2) is 144 Å². The second-order valence-corrected chi connectivity index (χ2v) is 18.7. The van der Waals surface area contributed by atoms with Crippen LogP contribution in [0.25, 0.3) is 0 Å². The highest BCUT2D eigenvalue weighted by Gasteiger charge is 2.42. The molecule has 1 aromatic rings. The Morgan fingerprint density at radius 3 is 1.03 bits per heavy atom. The Morgan fingerprint density at radius 2 is 0.746 bits per heavy atom. The van der Waals surface area contributed by atoms with Crippen molar-refractivity contribution in [3.63, 3.8) is 0 Å². The molecule has 1 heterocycles. The van der Waals surface area contributed by atoms with Gasteiger partial charge in [0.2, 0.25) is 0 Å². The average Bonchev–Trinajstić information content (AvgIpc) is 3.19. The lowest BCUT2D eigenvalue weighted by Gasteiger charge is -2.35. The first-order valence-corrected chi connectivity index (χ1v) is 22.1. The number of amides is 4. The molecule has 0 bridgehead atoms. The Bertz CT molecular complexity index is 1760. The summed E-state index contributed by atoms with van der Waals surface area (Å²) in [4.78, 5) is 117. The molecule has 1 aliphatic rings. The molecule has 1 fully saturated rings. The number of rotatable bonds is 10.